The van der Waals surface area contributed by atoms with E-state index in [1.165, 1.54) is 55.3 Å². The van der Waals surface area contributed by atoms with Gasteiger partial charge in [-0.2, -0.15) is 0 Å². The molecule has 0 aliphatic rings. The van der Waals surface area contributed by atoms with Crippen LogP contribution in [-0.2, 0) is 26.2 Å². The van der Waals surface area contributed by atoms with Gasteiger partial charge in [-0.1, -0.05) is 36.2 Å². The lowest BCUT2D eigenvalue weighted by Gasteiger charge is -2.32. The molecule has 0 spiro atoms. The van der Waals surface area contributed by atoms with E-state index in [-0.39, 0.29) is 27.2 Å². The fourth-order valence-corrected chi connectivity index (χ4v) is 5.77. The average Bonchev–Trinajstić information content (AvgIpc) is 2.94. The van der Waals surface area contributed by atoms with Crippen LogP contribution in [0.4, 0.5) is 10.1 Å². The Morgan fingerprint density at radius 3 is 2.15 bits per heavy atom. The van der Waals surface area contributed by atoms with Crippen LogP contribution in [0.2, 0.25) is 10.0 Å². The molecular weight excluding hydrogens is 580 g/mol. The van der Waals surface area contributed by atoms with Crippen molar-refractivity contribution in [2.45, 2.75) is 37.8 Å². The van der Waals surface area contributed by atoms with Crippen LogP contribution in [-0.4, -0.2) is 51.4 Å². The first-order valence-corrected chi connectivity index (χ1v) is 14.6. The number of rotatable bonds is 12. The highest BCUT2D eigenvalue weighted by atomic mass is 35.5. The number of methoxy groups -OCH3 is 1. The molecule has 12 heteroatoms. The van der Waals surface area contributed by atoms with E-state index in [2.05, 4.69) is 5.32 Å². The zero-order valence-corrected chi connectivity index (χ0v) is 24.6. The fourth-order valence-electron chi connectivity index (χ4n) is 3.84. The Balaban J connectivity index is 2.05. The standard InChI is InChI=1S/C28H30Cl2FN3O5S/c1-4-16-32-28(36)19(2)33(17-24-25(29)6-5-7-26(24)30)27(35)18-34(21-10-8-20(31)9-11-21)40(37,38)23-14-12-22(39-3)13-15-23/h5-15,19H,4,16-18H2,1-3H3,(H,32,36). The molecule has 0 heterocycles. The van der Waals surface area contributed by atoms with E-state index in [1.54, 1.807) is 18.2 Å². The summed E-state index contributed by atoms with van der Waals surface area (Å²) in [6.45, 7) is 2.98. The van der Waals surface area contributed by atoms with Crippen LogP contribution in [0.15, 0.2) is 71.6 Å². The Morgan fingerprint density at radius 2 is 1.60 bits per heavy atom. The van der Waals surface area contributed by atoms with E-state index < -0.39 is 40.2 Å². The van der Waals surface area contributed by atoms with Crippen molar-refractivity contribution in [3.63, 3.8) is 0 Å². The van der Waals surface area contributed by atoms with E-state index in [4.69, 9.17) is 27.9 Å². The van der Waals surface area contributed by atoms with Gasteiger partial charge in [-0.25, -0.2) is 12.8 Å². The van der Waals surface area contributed by atoms with Crippen molar-refractivity contribution in [2.24, 2.45) is 0 Å². The first kappa shape index (κ1) is 31.2. The monoisotopic (exact) mass is 609 g/mol. The Bertz CT molecular complexity index is 1420. The molecule has 3 aromatic rings. The Kier molecular flexibility index (Phi) is 10.8. The van der Waals surface area contributed by atoms with Crippen molar-refractivity contribution >= 4 is 50.7 Å². The van der Waals surface area contributed by atoms with Crippen molar-refractivity contribution in [2.75, 3.05) is 24.5 Å². The number of nitrogens with one attached hydrogen (secondary N) is 1. The van der Waals surface area contributed by atoms with E-state index >= 15 is 0 Å². The number of ether oxygens (including phenoxy) is 1. The molecule has 3 aromatic carbocycles. The van der Waals surface area contributed by atoms with Gasteiger partial charge < -0.3 is 15.0 Å². The number of halogens is 3. The Morgan fingerprint density at radius 1 is 1.00 bits per heavy atom. The highest BCUT2D eigenvalue weighted by Gasteiger charge is 2.33. The number of benzene rings is 3. The second kappa shape index (κ2) is 13.8. The summed E-state index contributed by atoms with van der Waals surface area (Å²) >= 11 is 12.7. The number of nitrogens with zero attached hydrogens (tertiary/aromatic N) is 2. The Hall–Kier alpha value is -3.34. The molecule has 0 radical (unpaired) electrons. The molecule has 1 N–H and O–H groups in total. The minimum Gasteiger partial charge on any atom is -0.497 e. The first-order chi connectivity index (χ1) is 19.0. The predicted molar refractivity (Wildman–Crippen MR) is 154 cm³/mol. The van der Waals surface area contributed by atoms with Crippen molar-refractivity contribution in [3.05, 3.63) is 88.2 Å². The first-order valence-electron chi connectivity index (χ1n) is 12.4. The van der Waals surface area contributed by atoms with Crippen LogP contribution in [0.5, 0.6) is 5.75 Å². The summed E-state index contributed by atoms with van der Waals surface area (Å²) in [5.74, 6) is -1.26. The summed E-state index contributed by atoms with van der Waals surface area (Å²) in [4.78, 5) is 27.9. The maximum absolute atomic E-state index is 13.9. The lowest BCUT2D eigenvalue weighted by molar-refractivity contribution is -0.139. The molecule has 1 atom stereocenters. The van der Waals surface area contributed by atoms with E-state index in [9.17, 15) is 22.4 Å². The molecule has 0 saturated heterocycles. The molecule has 214 valence electrons. The lowest BCUT2D eigenvalue weighted by atomic mass is 10.1. The van der Waals surface area contributed by atoms with E-state index in [0.29, 0.717) is 24.3 Å². The third-order valence-corrected chi connectivity index (χ3v) is 8.64. The summed E-state index contributed by atoms with van der Waals surface area (Å²) < 4.78 is 47.3. The largest absolute Gasteiger partial charge is 0.497 e. The van der Waals surface area contributed by atoms with Gasteiger partial charge in [0.2, 0.25) is 11.8 Å². The predicted octanol–water partition coefficient (Wildman–Crippen LogP) is 5.28. The second-order valence-corrected chi connectivity index (χ2v) is 11.5. The molecule has 0 fully saturated rings. The van der Waals surface area contributed by atoms with Gasteiger partial charge in [-0.05, 0) is 74.0 Å². The molecule has 0 aromatic heterocycles. The van der Waals surface area contributed by atoms with Crippen LogP contribution in [0.1, 0.15) is 25.8 Å². The van der Waals surface area contributed by atoms with Gasteiger partial charge in [0.25, 0.3) is 10.0 Å². The molecule has 0 aliphatic carbocycles. The summed E-state index contributed by atoms with van der Waals surface area (Å²) in [5.41, 5.74) is 0.463. The number of sulfonamides is 1. The lowest BCUT2D eigenvalue weighted by Crippen LogP contribution is -2.51. The third-order valence-electron chi connectivity index (χ3n) is 6.15. The molecule has 40 heavy (non-hydrogen) atoms. The van der Waals surface area contributed by atoms with Gasteiger partial charge >= 0.3 is 0 Å². The van der Waals surface area contributed by atoms with Crippen LogP contribution >= 0.6 is 23.2 Å². The quantitative estimate of drug-likeness (QED) is 0.301. The molecule has 0 bridgehead atoms. The summed E-state index contributed by atoms with van der Waals surface area (Å²) in [6.07, 6.45) is 0.682. The highest BCUT2D eigenvalue weighted by molar-refractivity contribution is 7.92. The number of amides is 2. The molecule has 2 amide bonds. The minimum absolute atomic E-state index is 0.0596. The van der Waals surface area contributed by atoms with Crippen molar-refractivity contribution < 1.29 is 27.1 Å². The second-order valence-electron chi connectivity index (χ2n) is 8.85. The van der Waals surface area contributed by atoms with Gasteiger partial charge in [0.1, 0.15) is 24.2 Å². The smallest absolute Gasteiger partial charge is 0.264 e. The van der Waals surface area contributed by atoms with Gasteiger partial charge in [0.15, 0.2) is 0 Å². The van der Waals surface area contributed by atoms with Crippen LogP contribution < -0.4 is 14.4 Å². The zero-order chi connectivity index (χ0) is 29.4. The third kappa shape index (κ3) is 7.44. The average molecular weight is 611 g/mol. The molecule has 0 saturated carbocycles. The van der Waals surface area contributed by atoms with E-state index in [0.717, 1.165) is 16.4 Å². The van der Waals surface area contributed by atoms with Gasteiger partial charge in [0, 0.05) is 28.7 Å². The topological polar surface area (TPSA) is 96.0 Å². The number of anilines is 1. The molecule has 8 nitrogen and oxygen atoms in total. The van der Waals surface area contributed by atoms with Gasteiger partial charge in [-0.3, -0.25) is 13.9 Å². The fraction of sp³-hybridized carbons (Fsp3) is 0.286. The molecular formula is C28H30Cl2FN3O5S. The normalized spacial score (nSPS) is 11.9. The van der Waals surface area contributed by atoms with Gasteiger partial charge in [-0.15, -0.1) is 0 Å². The van der Waals surface area contributed by atoms with Crippen LogP contribution in [0.3, 0.4) is 0 Å². The molecule has 0 aliphatic heterocycles. The summed E-state index contributed by atoms with van der Waals surface area (Å²) in [7, 11) is -2.87. The maximum atomic E-state index is 13.9. The SMILES string of the molecule is CCCNC(=O)C(C)N(Cc1c(Cl)cccc1Cl)C(=O)CN(c1ccc(F)cc1)S(=O)(=O)c1ccc(OC)cc1. The maximum Gasteiger partial charge on any atom is 0.264 e. The summed E-state index contributed by atoms with van der Waals surface area (Å²) in [5, 5.41) is 3.33. The minimum atomic E-state index is -4.31. The van der Waals surface area contributed by atoms with Gasteiger partial charge in [0.05, 0.1) is 17.7 Å². The molecule has 3 rings (SSSR count). The number of carbonyl (C=O) groups excluding carboxylic acids is 2. The summed E-state index contributed by atoms with van der Waals surface area (Å²) in [6, 6.07) is 14.2. The molecule has 1 unspecified atom stereocenters. The van der Waals surface area contributed by atoms with Crippen LogP contribution in [0, 0.1) is 5.82 Å². The van der Waals surface area contributed by atoms with E-state index in [1.807, 2.05) is 6.92 Å². The van der Waals surface area contributed by atoms with Crippen LogP contribution in [0.25, 0.3) is 0 Å². The zero-order valence-electron chi connectivity index (χ0n) is 22.2. The van der Waals surface area contributed by atoms with Crippen molar-refractivity contribution in [1.82, 2.24) is 10.2 Å². The number of carbonyl (C=O) groups is 2. The van der Waals surface area contributed by atoms with Crippen molar-refractivity contribution in [3.8, 4) is 5.75 Å². The number of hydrogen-bond acceptors (Lipinski definition) is 5. The number of hydrogen-bond donors (Lipinski definition) is 1. The van der Waals surface area contributed by atoms with Crippen molar-refractivity contribution in [1.29, 1.82) is 0 Å². The Labute approximate surface area is 243 Å². The highest BCUT2D eigenvalue weighted by Crippen LogP contribution is 2.29.